The third kappa shape index (κ3) is 6.09. The molecule has 0 bridgehead atoms. The number of fused-ring (bicyclic) bond motifs is 1. The van der Waals surface area contributed by atoms with Crippen LogP contribution in [0.5, 0.6) is 11.5 Å². The second-order valence-corrected chi connectivity index (χ2v) is 10.3. The zero-order valence-electron chi connectivity index (χ0n) is 24.8. The lowest BCUT2D eigenvalue weighted by molar-refractivity contribution is -0.147. The van der Waals surface area contributed by atoms with E-state index in [1.54, 1.807) is 32.4 Å². The Kier molecular flexibility index (Phi) is 8.76. The van der Waals surface area contributed by atoms with E-state index in [0.29, 0.717) is 28.0 Å². The number of benzene rings is 3. The van der Waals surface area contributed by atoms with Crippen molar-refractivity contribution in [1.29, 1.82) is 0 Å². The molecule has 0 amide bonds. The number of rotatable bonds is 9. The van der Waals surface area contributed by atoms with Crippen LogP contribution in [-0.4, -0.2) is 56.3 Å². The van der Waals surface area contributed by atoms with Crippen molar-refractivity contribution in [1.82, 2.24) is 9.66 Å². The van der Waals surface area contributed by atoms with E-state index < -0.39 is 12.1 Å². The molecule has 0 radical (unpaired) electrons. The number of anilines is 1. The molecule has 0 saturated heterocycles. The first-order valence-electron chi connectivity index (χ1n) is 13.4. The Hall–Kier alpha value is -4.66. The predicted molar refractivity (Wildman–Crippen MR) is 163 cm³/mol. The topological polar surface area (TPSA) is 95.2 Å². The van der Waals surface area contributed by atoms with Crippen LogP contribution in [0.15, 0.2) is 64.5 Å². The number of carbonyl (C=O) groups excluding carboxylic acids is 1. The lowest BCUT2D eigenvalue weighted by Crippen LogP contribution is -2.25. The molecule has 0 saturated carbocycles. The van der Waals surface area contributed by atoms with Gasteiger partial charge in [0, 0.05) is 37.0 Å². The van der Waals surface area contributed by atoms with Gasteiger partial charge in [-0.25, -0.2) is 9.78 Å². The smallest absolute Gasteiger partial charge is 0.346 e. The van der Waals surface area contributed by atoms with Crippen LogP contribution < -0.4 is 19.9 Å². The normalized spacial score (nSPS) is 12.1. The SMILES string of the molecule is COC(=O)[C@H](C)Oc1cc(N(C)C)ccc1C=Nn1c(-c2cc(C(C)C)c(OC)cc2C)nc2ccccc2c1=O. The summed E-state index contributed by atoms with van der Waals surface area (Å²) in [5, 5.41) is 5.09. The molecule has 0 spiro atoms. The van der Waals surface area contributed by atoms with E-state index in [1.165, 1.54) is 11.8 Å². The molecule has 41 heavy (non-hydrogen) atoms. The number of carbonyl (C=O) groups is 1. The Labute approximate surface area is 240 Å². The number of esters is 1. The Morgan fingerprint density at radius 2 is 1.76 bits per heavy atom. The summed E-state index contributed by atoms with van der Waals surface area (Å²) in [4.78, 5) is 32.7. The highest BCUT2D eigenvalue weighted by molar-refractivity contribution is 5.86. The van der Waals surface area contributed by atoms with Gasteiger partial charge in [0.15, 0.2) is 11.9 Å². The van der Waals surface area contributed by atoms with Crippen molar-refractivity contribution < 1.29 is 19.0 Å². The van der Waals surface area contributed by atoms with E-state index in [2.05, 4.69) is 18.9 Å². The van der Waals surface area contributed by atoms with Gasteiger partial charge in [0.05, 0.1) is 31.3 Å². The van der Waals surface area contributed by atoms with Gasteiger partial charge in [-0.15, -0.1) is 0 Å². The zero-order valence-corrected chi connectivity index (χ0v) is 24.8. The fraction of sp³-hybridized carbons (Fsp3) is 0.312. The molecule has 0 aliphatic carbocycles. The lowest BCUT2D eigenvalue weighted by atomic mass is 9.96. The average Bonchev–Trinajstić information content (AvgIpc) is 2.96. The van der Waals surface area contributed by atoms with E-state index in [4.69, 9.17) is 19.2 Å². The summed E-state index contributed by atoms with van der Waals surface area (Å²) >= 11 is 0. The number of aromatic nitrogens is 2. The molecule has 3 aromatic carbocycles. The molecular weight excluding hydrogens is 520 g/mol. The molecule has 1 aromatic heterocycles. The van der Waals surface area contributed by atoms with Crippen LogP contribution in [-0.2, 0) is 9.53 Å². The molecule has 4 aromatic rings. The molecule has 9 nitrogen and oxygen atoms in total. The Morgan fingerprint density at radius 3 is 2.41 bits per heavy atom. The Morgan fingerprint density at radius 1 is 1.02 bits per heavy atom. The van der Waals surface area contributed by atoms with Gasteiger partial charge in [0.25, 0.3) is 5.56 Å². The molecule has 0 fully saturated rings. The number of para-hydroxylation sites is 1. The van der Waals surface area contributed by atoms with Crippen molar-refractivity contribution in [3.8, 4) is 22.9 Å². The summed E-state index contributed by atoms with van der Waals surface area (Å²) in [6.45, 7) is 7.75. The van der Waals surface area contributed by atoms with Gasteiger partial charge in [-0.05, 0) is 67.3 Å². The minimum absolute atomic E-state index is 0.181. The molecule has 214 valence electrons. The highest BCUT2D eigenvalue weighted by Crippen LogP contribution is 2.34. The summed E-state index contributed by atoms with van der Waals surface area (Å²) in [5.74, 6) is 1.28. The van der Waals surface area contributed by atoms with Crippen molar-refractivity contribution >= 4 is 28.8 Å². The van der Waals surface area contributed by atoms with E-state index in [1.807, 2.05) is 68.4 Å². The van der Waals surface area contributed by atoms with Crippen LogP contribution in [0.4, 0.5) is 5.69 Å². The van der Waals surface area contributed by atoms with Crippen LogP contribution in [0.1, 0.15) is 43.4 Å². The van der Waals surface area contributed by atoms with Gasteiger partial charge >= 0.3 is 5.97 Å². The molecule has 1 heterocycles. The standard InChI is InChI=1S/C32H36N4O5/c1-19(2)25-17-26(20(3)15-29(25)39-7)30-34-27-12-10-9-11-24(27)31(37)36(30)33-18-22-13-14-23(35(5)6)16-28(22)41-21(4)32(38)40-8/h9-19,21H,1-8H3/t21-/m0/s1. The fourth-order valence-corrected chi connectivity index (χ4v) is 4.51. The molecule has 9 heteroatoms. The van der Waals surface area contributed by atoms with Gasteiger partial charge in [-0.1, -0.05) is 26.0 Å². The molecule has 1 atom stereocenters. The van der Waals surface area contributed by atoms with Crippen LogP contribution >= 0.6 is 0 Å². The third-order valence-corrected chi connectivity index (χ3v) is 6.86. The van der Waals surface area contributed by atoms with E-state index in [0.717, 1.165) is 28.1 Å². The summed E-state index contributed by atoms with van der Waals surface area (Å²) in [6.07, 6.45) is 0.698. The monoisotopic (exact) mass is 556 g/mol. The third-order valence-electron chi connectivity index (χ3n) is 6.86. The second-order valence-electron chi connectivity index (χ2n) is 10.3. The highest BCUT2D eigenvalue weighted by atomic mass is 16.6. The van der Waals surface area contributed by atoms with Crippen LogP contribution in [0.2, 0.25) is 0 Å². The molecule has 4 rings (SSSR count). The van der Waals surface area contributed by atoms with Crippen LogP contribution in [0.25, 0.3) is 22.3 Å². The summed E-state index contributed by atoms with van der Waals surface area (Å²) < 4.78 is 17.8. The first kappa shape index (κ1) is 29.3. The number of aryl methyl sites for hydroxylation is 1. The van der Waals surface area contributed by atoms with Crippen molar-refractivity contribution in [2.75, 3.05) is 33.2 Å². The lowest BCUT2D eigenvalue weighted by Gasteiger charge is -2.19. The van der Waals surface area contributed by atoms with E-state index in [9.17, 15) is 9.59 Å². The van der Waals surface area contributed by atoms with Crippen molar-refractivity contribution in [3.05, 3.63) is 81.6 Å². The van der Waals surface area contributed by atoms with Crippen molar-refractivity contribution in [2.45, 2.75) is 39.7 Å². The molecule has 0 N–H and O–H groups in total. The van der Waals surface area contributed by atoms with Gasteiger partial charge in [0.1, 0.15) is 11.5 Å². The minimum Gasteiger partial charge on any atom is -0.496 e. The molecule has 0 unspecified atom stereocenters. The largest absolute Gasteiger partial charge is 0.496 e. The summed E-state index contributed by atoms with van der Waals surface area (Å²) in [5.41, 5.74) is 4.38. The molecular formula is C32H36N4O5. The Bertz CT molecular complexity index is 1670. The first-order valence-corrected chi connectivity index (χ1v) is 13.4. The number of methoxy groups -OCH3 is 2. The minimum atomic E-state index is -0.846. The van der Waals surface area contributed by atoms with Gasteiger partial charge in [-0.3, -0.25) is 4.79 Å². The fourth-order valence-electron chi connectivity index (χ4n) is 4.51. The van der Waals surface area contributed by atoms with Crippen molar-refractivity contribution in [3.63, 3.8) is 0 Å². The summed E-state index contributed by atoms with van der Waals surface area (Å²) in [6, 6.07) is 16.7. The maximum absolute atomic E-state index is 13.8. The number of hydrogen-bond acceptors (Lipinski definition) is 8. The van der Waals surface area contributed by atoms with Crippen LogP contribution in [0.3, 0.4) is 0 Å². The number of nitrogens with zero attached hydrogens (tertiary/aromatic N) is 4. The van der Waals surface area contributed by atoms with Gasteiger partial charge in [0.2, 0.25) is 0 Å². The average molecular weight is 557 g/mol. The zero-order chi connectivity index (χ0) is 29.8. The van der Waals surface area contributed by atoms with E-state index >= 15 is 0 Å². The maximum atomic E-state index is 13.8. The number of ether oxygens (including phenoxy) is 3. The molecule has 0 aliphatic rings. The maximum Gasteiger partial charge on any atom is 0.346 e. The predicted octanol–water partition coefficient (Wildman–Crippen LogP) is 5.39. The quantitative estimate of drug-likeness (QED) is 0.201. The van der Waals surface area contributed by atoms with Crippen LogP contribution in [0, 0.1) is 6.92 Å². The van der Waals surface area contributed by atoms with Gasteiger partial charge < -0.3 is 19.1 Å². The van der Waals surface area contributed by atoms with E-state index in [-0.39, 0.29) is 11.5 Å². The number of hydrogen-bond donors (Lipinski definition) is 0. The van der Waals surface area contributed by atoms with Gasteiger partial charge in [-0.2, -0.15) is 9.78 Å². The highest BCUT2D eigenvalue weighted by Gasteiger charge is 2.20. The first-order chi connectivity index (χ1) is 19.5. The molecule has 0 aliphatic heterocycles. The second kappa shape index (κ2) is 12.2. The Balaban J connectivity index is 1.93. The van der Waals surface area contributed by atoms with Crippen molar-refractivity contribution in [2.24, 2.45) is 5.10 Å². The summed E-state index contributed by atoms with van der Waals surface area (Å²) in [7, 11) is 6.78.